The Morgan fingerprint density at radius 1 is 1.30 bits per heavy atom. The van der Waals surface area contributed by atoms with Crippen LogP contribution in [0.2, 0.25) is 5.02 Å². The van der Waals surface area contributed by atoms with Gasteiger partial charge in [0.1, 0.15) is 11.8 Å². The molecule has 0 fully saturated rings. The monoisotopic (exact) mass is 286 g/mol. The number of nitrogens with zero attached hydrogens (tertiary/aromatic N) is 1. The number of halogens is 1. The van der Waals surface area contributed by atoms with Crippen LogP contribution in [0.4, 0.5) is 5.69 Å². The van der Waals surface area contributed by atoms with E-state index in [2.05, 4.69) is 11.4 Å². The highest BCUT2D eigenvalue weighted by molar-refractivity contribution is 6.30. The van der Waals surface area contributed by atoms with Gasteiger partial charge in [0.2, 0.25) is 0 Å². The lowest BCUT2D eigenvalue weighted by Crippen LogP contribution is -2.10. The van der Waals surface area contributed by atoms with E-state index in [1.165, 1.54) is 0 Å². The molecule has 0 radical (unpaired) electrons. The fraction of sp³-hybridized carbons (Fsp3) is 0.188. The van der Waals surface area contributed by atoms with Gasteiger partial charge in [-0.1, -0.05) is 30.7 Å². The zero-order valence-corrected chi connectivity index (χ0v) is 11.9. The fourth-order valence-corrected chi connectivity index (χ4v) is 2.26. The van der Waals surface area contributed by atoms with E-state index in [9.17, 15) is 5.11 Å². The normalized spacial score (nSPS) is 11.7. The maximum atomic E-state index is 9.57. The molecule has 0 saturated carbocycles. The topological polar surface area (TPSA) is 56.0 Å². The highest BCUT2D eigenvalue weighted by Crippen LogP contribution is 2.28. The third-order valence-electron chi connectivity index (χ3n) is 3.11. The number of rotatable bonds is 4. The van der Waals surface area contributed by atoms with Crippen LogP contribution < -0.4 is 5.32 Å². The van der Waals surface area contributed by atoms with E-state index >= 15 is 0 Å². The van der Waals surface area contributed by atoms with E-state index in [1.807, 2.05) is 13.0 Å². The lowest BCUT2D eigenvalue weighted by atomic mass is 10.0. The Morgan fingerprint density at radius 3 is 2.75 bits per heavy atom. The summed E-state index contributed by atoms with van der Waals surface area (Å²) in [7, 11) is 0. The Bertz CT molecular complexity index is 649. The van der Waals surface area contributed by atoms with E-state index in [0.717, 1.165) is 12.0 Å². The Morgan fingerprint density at radius 2 is 2.10 bits per heavy atom. The lowest BCUT2D eigenvalue weighted by Gasteiger charge is -2.20. The number of anilines is 1. The molecule has 4 heteroatoms. The van der Waals surface area contributed by atoms with Crippen molar-refractivity contribution in [2.24, 2.45) is 0 Å². The summed E-state index contributed by atoms with van der Waals surface area (Å²) in [5.41, 5.74) is 2.22. The van der Waals surface area contributed by atoms with Crippen molar-refractivity contribution in [3.8, 4) is 11.8 Å². The van der Waals surface area contributed by atoms with Crippen LogP contribution in [0.15, 0.2) is 42.5 Å². The van der Waals surface area contributed by atoms with Crippen LogP contribution in [-0.2, 0) is 0 Å². The maximum Gasteiger partial charge on any atom is 0.115 e. The smallest absolute Gasteiger partial charge is 0.115 e. The second-order valence-corrected chi connectivity index (χ2v) is 4.94. The lowest BCUT2D eigenvalue weighted by molar-refractivity contribution is 0.474. The number of hydrogen-bond donors (Lipinski definition) is 2. The molecule has 2 aromatic carbocycles. The summed E-state index contributed by atoms with van der Waals surface area (Å²) in [6.45, 7) is 2.04. The molecule has 2 aromatic rings. The highest BCUT2D eigenvalue weighted by Gasteiger charge is 2.12. The van der Waals surface area contributed by atoms with Crippen molar-refractivity contribution < 1.29 is 5.11 Å². The average molecular weight is 287 g/mol. The molecule has 0 bridgehead atoms. The van der Waals surface area contributed by atoms with E-state index < -0.39 is 0 Å². The van der Waals surface area contributed by atoms with Crippen molar-refractivity contribution in [1.29, 1.82) is 5.26 Å². The Kier molecular flexibility index (Phi) is 4.49. The first-order chi connectivity index (χ1) is 9.63. The predicted octanol–water partition coefficient (Wildman–Crippen LogP) is 4.48. The zero-order valence-electron chi connectivity index (χ0n) is 11.1. The molecule has 0 aliphatic carbocycles. The predicted molar refractivity (Wildman–Crippen MR) is 80.9 cm³/mol. The first-order valence-electron chi connectivity index (χ1n) is 6.39. The molecule has 0 saturated heterocycles. The van der Waals surface area contributed by atoms with E-state index in [0.29, 0.717) is 16.3 Å². The van der Waals surface area contributed by atoms with Gasteiger partial charge in [-0.3, -0.25) is 0 Å². The van der Waals surface area contributed by atoms with Crippen molar-refractivity contribution in [3.05, 3.63) is 58.6 Å². The molecular formula is C16H15ClN2O. The van der Waals surface area contributed by atoms with E-state index in [4.69, 9.17) is 16.9 Å². The van der Waals surface area contributed by atoms with Gasteiger partial charge in [-0.05, 0) is 42.3 Å². The number of benzene rings is 2. The van der Waals surface area contributed by atoms with Crippen LogP contribution >= 0.6 is 11.6 Å². The molecule has 20 heavy (non-hydrogen) atoms. The molecule has 2 N–H and O–H groups in total. The summed E-state index contributed by atoms with van der Waals surface area (Å²) >= 11 is 5.98. The number of nitrogens with one attached hydrogen (secondary N) is 1. The van der Waals surface area contributed by atoms with Crippen LogP contribution in [0, 0.1) is 11.3 Å². The van der Waals surface area contributed by atoms with Gasteiger partial charge in [0.15, 0.2) is 0 Å². The quantitative estimate of drug-likeness (QED) is 0.871. The molecule has 2 rings (SSSR count). The molecule has 0 amide bonds. The molecule has 0 aliphatic rings. The first kappa shape index (κ1) is 14.2. The summed E-state index contributed by atoms with van der Waals surface area (Å²) in [6, 6.07) is 14.4. The van der Waals surface area contributed by atoms with E-state index in [-0.39, 0.29) is 11.8 Å². The summed E-state index contributed by atoms with van der Waals surface area (Å²) in [6.07, 6.45) is 0.820. The Labute approximate surface area is 123 Å². The van der Waals surface area contributed by atoms with Crippen LogP contribution in [0.3, 0.4) is 0 Å². The van der Waals surface area contributed by atoms with Crippen molar-refractivity contribution in [1.82, 2.24) is 0 Å². The van der Waals surface area contributed by atoms with Crippen molar-refractivity contribution in [2.75, 3.05) is 5.32 Å². The summed E-state index contributed by atoms with van der Waals surface area (Å²) in [4.78, 5) is 0. The fourth-order valence-electron chi connectivity index (χ4n) is 2.08. The van der Waals surface area contributed by atoms with Gasteiger partial charge in [-0.25, -0.2) is 0 Å². The van der Waals surface area contributed by atoms with Gasteiger partial charge in [-0.15, -0.1) is 0 Å². The Balaban J connectivity index is 2.31. The molecule has 1 unspecified atom stereocenters. The van der Waals surface area contributed by atoms with Gasteiger partial charge in [-0.2, -0.15) is 5.26 Å². The second-order valence-electron chi connectivity index (χ2n) is 4.50. The molecular weight excluding hydrogens is 272 g/mol. The van der Waals surface area contributed by atoms with Crippen LogP contribution in [0.1, 0.15) is 30.5 Å². The minimum Gasteiger partial charge on any atom is -0.508 e. The average Bonchev–Trinajstić information content (AvgIpc) is 2.45. The Hall–Kier alpha value is -2.18. The van der Waals surface area contributed by atoms with Gasteiger partial charge in [0, 0.05) is 5.02 Å². The van der Waals surface area contributed by atoms with Gasteiger partial charge in [0.05, 0.1) is 17.3 Å². The van der Waals surface area contributed by atoms with E-state index in [1.54, 1.807) is 36.4 Å². The SMILES string of the molecule is CCC(Nc1cc(Cl)ccc1C#N)c1cccc(O)c1. The largest absolute Gasteiger partial charge is 0.508 e. The van der Waals surface area contributed by atoms with Gasteiger partial charge >= 0.3 is 0 Å². The highest BCUT2D eigenvalue weighted by atomic mass is 35.5. The second kappa shape index (κ2) is 6.31. The molecule has 0 aliphatic heterocycles. The van der Waals surface area contributed by atoms with Gasteiger partial charge < -0.3 is 10.4 Å². The zero-order chi connectivity index (χ0) is 14.5. The standard InChI is InChI=1S/C16H15ClN2O/c1-2-15(11-4-3-5-14(20)8-11)19-16-9-13(17)7-6-12(16)10-18/h3-9,15,19-20H,2H2,1H3. The number of phenolic OH excluding ortho intramolecular Hbond substituents is 1. The van der Waals surface area contributed by atoms with Crippen molar-refractivity contribution in [2.45, 2.75) is 19.4 Å². The van der Waals surface area contributed by atoms with Crippen molar-refractivity contribution >= 4 is 17.3 Å². The maximum absolute atomic E-state index is 9.57. The molecule has 3 nitrogen and oxygen atoms in total. The molecule has 102 valence electrons. The summed E-state index contributed by atoms with van der Waals surface area (Å²) < 4.78 is 0. The number of phenols is 1. The van der Waals surface area contributed by atoms with Crippen LogP contribution in [0.25, 0.3) is 0 Å². The van der Waals surface area contributed by atoms with Crippen molar-refractivity contribution in [3.63, 3.8) is 0 Å². The molecule has 0 spiro atoms. The summed E-state index contributed by atoms with van der Waals surface area (Å²) in [5.74, 6) is 0.231. The summed E-state index contributed by atoms with van der Waals surface area (Å²) in [5, 5.41) is 22.6. The third kappa shape index (κ3) is 3.23. The molecule has 1 atom stereocenters. The number of hydrogen-bond acceptors (Lipinski definition) is 3. The van der Waals surface area contributed by atoms with Crippen LogP contribution in [-0.4, -0.2) is 5.11 Å². The molecule has 0 heterocycles. The molecule has 0 aromatic heterocycles. The minimum atomic E-state index is 0.00710. The van der Waals surface area contributed by atoms with Gasteiger partial charge in [0.25, 0.3) is 0 Å². The number of nitriles is 1. The number of aromatic hydroxyl groups is 1. The minimum absolute atomic E-state index is 0.00710. The third-order valence-corrected chi connectivity index (χ3v) is 3.35. The first-order valence-corrected chi connectivity index (χ1v) is 6.77. The van der Waals surface area contributed by atoms with Crippen LogP contribution in [0.5, 0.6) is 5.75 Å².